The second-order valence-corrected chi connectivity index (χ2v) is 9.92. The molecule has 2 aromatic heterocycles. The van der Waals surface area contributed by atoms with Crippen molar-refractivity contribution >= 4 is 33.2 Å². The average Bonchev–Trinajstić information content (AvgIpc) is 3.22. The first-order valence-corrected chi connectivity index (χ1v) is 11.9. The predicted molar refractivity (Wildman–Crippen MR) is 118 cm³/mol. The molecule has 8 nitrogen and oxygen atoms in total. The van der Waals surface area contributed by atoms with Crippen LogP contribution in [0, 0.1) is 0 Å². The van der Waals surface area contributed by atoms with Crippen LogP contribution in [0.15, 0.2) is 59.8 Å². The second-order valence-electron chi connectivity index (χ2n) is 7.90. The van der Waals surface area contributed by atoms with E-state index < -0.39 is 33.4 Å². The standard InChI is InChI=1S/C22H19F3N4O4S/c1-13-12-29(15-5-3-14(4-6-15)22(23,24)25)21(31)19-17(9-10-28(13)19)20(30)27-18-8-7-16(11-26-18)34(2,32)33/h3-11,13H,12H2,1-2H3,(H,26,27,30)/t13-/m0/s1. The van der Waals surface area contributed by atoms with Crippen LogP contribution in [0.1, 0.15) is 39.4 Å². The van der Waals surface area contributed by atoms with E-state index in [0.717, 1.165) is 24.6 Å². The van der Waals surface area contributed by atoms with Crippen molar-refractivity contribution in [2.24, 2.45) is 0 Å². The minimum atomic E-state index is -4.49. The molecule has 0 saturated carbocycles. The first kappa shape index (κ1) is 23.5. The van der Waals surface area contributed by atoms with Crippen LogP contribution in [0.4, 0.5) is 24.7 Å². The molecule has 178 valence electrons. The highest BCUT2D eigenvalue weighted by molar-refractivity contribution is 7.90. The number of fused-ring (bicyclic) bond motifs is 1. The van der Waals surface area contributed by atoms with E-state index in [1.54, 1.807) is 10.8 Å². The Kier molecular flexibility index (Phi) is 5.72. The molecule has 0 saturated heterocycles. The van der Waals surface area contributed by atoms with Crippen molar-refractivity contribution < 1.29 is 31.2 Å². The van der Waals surface area contributed by atoms with Gasteiger partial charge in [0.15, 0.2) is 9.84 Å². The number of nitrogens with one attached hydrogen (secondary N) is 1. The van der Waals surface area contributed by atoms with Gasteiger partial charge in [-0.25, -0.2) is 13.4 Å². The molecule has 1 aliphatic heterocycles. The van der Waals surface area contributed by atoms with Crippen LogP contribution < -0.4 is 10.2 Å². The summed E-state index contributed by atoms with van der Waals surface area (Å²) in [5.74, 6) is -1.08. The number of hydrogen-bond donors (Lipinski definition) is 1. The molecule has 1 aromatic carbocycles. The average molecular weight is 492 g/mol. The normalized spacial score (nSPS) is 16.3. The van der Waals surface area contributed by atoms with E-state index in [9.17, 15) is 31.2 Å². The molecule has 1 atom stereocenters. The minimum absolute atomic E-state index is 0.0112. The molecule has 0 unspecified atom stereocenters. The number of hydrogen-bond acceptors (Lipinski definition) is 5. The number of alkyl halides is 3. The zero-order chi connectivity index (χ0) is 24.8. The Hall–Kier alpha value is -3.67. The molecular weight excluding hydrogens is 473 g/mol. The third-order valence-corrected chi connectivity index (χ3v) is 6.54. The molecule has 0 spiro atoms. The maximum atomic E-state index is 13.3. The number of carbonyl (C=O) groups excluding carboxylic acids is 2. The molecule has 4 rings (SSSR count). The molecule has 0 aliphatic carbocycles. The molecule has 3 heterocycles. The van der Waals surface area contributed by atoms with Crippen LogP contribution in [0.25, 0.3) is 0 Å². The first-order valence-electron chi connectivity index (χ1n) is 10.0. The van der Waals surface area contributed by atoms with Crippen LogP contribution in [0.5, 0.6) is 0 Å². The van der Waals surface area contributed by atoms with Gasteiger partial charge in [0.25, 0.3) is 11.8 Å². The summed E-state index contributed by atoms with van der Waals surface area (Å²) in [4.78, 5) is 31.4. The lowest BCUT2D eigenvalue weighted by Crippen LogP contribution is -2.43. The quantitative estimate of drug-likeness (QED) is 0.598. The van der Waals surface area contributed by atoms with Gasteiger partial charge in [-0.05, 0) is 49.4 Å². The number of pyridine rings is 1. The van der Waals surface area contributed by atoms with Crippen molar-refractivity contribution in [1.82, 2.24) is 9.55 Å². The minimum Gasteiger partial charge on any atom is -0.338 e. The molecule has 1 aliphatic rings. The fourth-order valence-corrected chi connectivity index (χ4v) is 4.26. The van der Waals surface area contributed by atoms with Gasteiger partial charge in [-0.15, -0.1) is 0 Å². The number of sulfone groups is 1. The fourth-order valence-electron chi connectivity index (χ4n) is 3.70. The highest BCUT2D eigenvalue weighted by Crippen LogP contribution is 2.33. The molecular formula is C22H19F3N4O4S. The Bertz CT molecular complexity index is 1360. The first-order chi connectivity index (χ1) is 15.9. The molecule has 0 bridgehead atoms. The second kappa shape index (κ2) is 8.28. The lowest BCUT2D eigenvalue weighted by molar-refractivity contribution is -0.137. The molecule has 34 heavy (non-hydrogen) atoms. The Morgan fingerprint density at radius 3 is 2.35 bits per heavy atom. The van der Waals surface area contributed by atoms with Crippen molar-refractivity contribution in [3.05, 3.63) is 71.7 Å². The topological polar surface area (TPSA) is 101 Å². The zero-order valence-electron chi connectivity index (χ0n) is 18.0. The van der Waals surface area contributed by atoms with E-state index in [2.05, 4.69) is 10.3 Å². The van der Waals surface area contributed by atoms with E-state index in [-0.39, 0.29) is 40.2 Å². The van der Waals surface area contributed by atoms with E-state index in [1.807, 2.05) is 6.92 Å². The van der Waals surface area contributed by atoms with Gasteiger partial charge in [-0.2, -0.15) is 13.2 Å². The number of aromatic nitrogens is 2. The zero-order valence-corrected chi connectivity index (χ0v) is 18.8. The molecule has 0 radical (unpaired) electrons. The van der Waals surface area contributed by atoms with E-state index in [4.69, 9.17) is 0 Å². The number of halogens is 3. The lowest BCUT2D eigenvalue weighted by Gasteiger charge is -2.33. The lowest BCUT2D eigenvalue weighted by atomic mass is 10.1. The molecule has 3 aromatic rings. The maximum Gasteiger partial charge on any atom is 0.416 e. The fraction of sp³-hybridized carbons (Fsp3) is 0.227. The summed E-state index contributed by atoms with van der Waals surface area (Å²) in [5, 5.41) is 2.53. The summed E-state index contributed by atoms with van der Waals surface area (Å²) < 4.78 is 63.5. The Balaban J connectivity index is 1.61. The Morgan fingerprint density at radius 1 is 1.12 bits per heavy atom. The number of carbonyl (C=O) groups is 2. The van der Waals surface area contributed by atoms with Crippen LogP contribution in [0.3, 0.4) is 0 Å². The monoisotopic (exact) mass is 492 g/mol. The smallest absolute Gasteiger partial charge is 0.338 e. The molecule has 12 heteroatoms. The van der Waals surface area contributed by atoms with Crippen LogP contribution >= 0.6 is 0 Å². The van der Waals surface area contributed by atoms with Crippen molar-refractivity contribution in [3.8, 4) is 0 Å². The van der Waals surface area contributed by atoms with Gasteiger partial charge in [0.05, 0.1) is 16.0 Å². The van der Waals surface area contributed by atoms with E-state index in [1.165, 1.54) is 35.2 Å². The third kappa shape index (κ3) is 4.40. The summed E-state index contributed by atoms with van der Waals surface area (Å²) in [6, 6.07) is 8.10. The molecule has 2 amide bonds. The number of anilines is 2. The van der Waals surface area contributed by atoms with Gasteiger partial charge in [-0.3, -0.25) is 9.59 Å². The van der Waals surface area contributed by atoms with Crippen molar-refractivity contribution in [1.29, 1.82) is 0 Å². The van der Waals surface area contributed by atoms with Crippen molar-refractivity contribution in [3.63, 3.8) is 0 Å². The van der Waals surface area contributed by atoms with Gasteiger partial charge in [0.2, 0.25) is 0 Å². The maximum absolute atomic E-state index is 13.3. The van der Waals surface area contributed by atoms with Gasteiger partial charge < -0.3 is 14.8 Å². The van der Waals surface area contributed by atoms with Gasteiger partial charge in [0.1, 0.15) is 11.5 Å². The summed E-state index contributed by atoms with van der Waals surface area (Å²) >= 11 is 0. The number of amides is 2. The number of nitrogens with zero attached hydrogens (tertiary/aromatic N) is 3. The van der Waals surface area contributed by atoms with E-state index in [0.29, 0.717) is 0 Å². The SMILES string of the molecule is C[C@H]1CN(c2ccc(C(F)(F)F)cc2)C(=O)c2c(C(=O)Nc3ccc(S(C)(=O)=O)cn3)ccn21. The highest BCUT2D eigenvalue weighted by Gasteiger charge is 2.35. The highest BCUT2D eigenvalue weighted by atomic mass is 32.2. The van der Waals surface area contributed by atoms with Crippen molar-refractivity contribution in [2.45, 2.75) is 24.0 Å². The summed E-state index contributed by atoms with van der Waals surface area (Å²) in [7, 11) is -3.45. The van der Waals surface area contributed by atoms with Gasteiger partial charge >= 0.3 is 6.18 Å². The van der Waals surface area contributed by atoms with Crippen LogP contribution in [0.2, 0.25) is 0 Å². The predicted octanol–water partition coefficient (Wildman–Crippen LogP) is 3.78. The summed E-state index contributed by atoms with van der Waals surface area (Å²) in [6.07, 6.45) is -0.757. The summed E-state index contributed by atoms with van der Waals surface area (Å²) in [6.45, 7) is 2.03. The van der Waals surface area contributed by atoms with Crippen LogP contribution in [-0.4, -0.2) is 42.6 Å². The number of rotatable bonds is 4. The largest absolute Gasteiger partial charge is 0.416 e. The third-order valence-electron chi connectivity index (χ3n) is 5.44. The van der Waals surface area contributed by atoms with Gasteiger partial charge in [-0.1, -0.05) is 0 Å². The van der Waals surface area contributed by atoms with Crippen molar-refractivity contribution in [2.75, 3.05) is 23.0 Å². The molecule has 1 N–H and O–H groups in total. The molecule has 0 fully saturated rings. The van der Waals surface area contributed by atoms with Gasteiger partial charge in [0, 0.05) is 36.9 Å². The Morgan fingerprint density at radius 2 is 1.79 bits per heavy atom. The Labute approximate surface area is 192 Å². The van der Waals surface area contributed by atoms with Crippen LogP contribution in [-0.2, 0) is 16.0 Å². The van der Waals surface area contributed by atoms with E-state index >= 15 is 0 Å². The summed E-state index contributed by atoms with van der Waals surface area (Å²) in [5.41, 5.74) is -0.403. The number of benzene rings is 1.